The lowest BCUT2D eigenvalue weighted by Crippen LogP contribution is -2.52. The Kier molecular flexibility index (Phi) is 10.8. The van der Waals surface area contributed by atoms with E-state index >= 15 is 0 Å². The van der Waals surface area contributed by atoms with Gasteiger partial charge >= 0.3 is 12.3 Å². The summed E-state index contributed by atoms with van der Waals surface area (Å²) in [7, 11) is -4.49. The number of carbonyl (C=O) groups excluding carboxylic acids is 2. The van der Waals surface area contributed by atoms with E-state index in [2.05, 4.69) is 19.9 Å². The van der Waals surface area contributed by atoms with Crippen LogP contribution in [0.25, 0.3) is 0 Å². The Balaban J connectivity index is 1.74. The molecule has 1 heterocycles. The van der Waals surface area contributed by atoms with Crippen molar-refractivity contribution in [3.8, 4) is 5.75 Å². The van der Waals surface area contributed by atoms with Gasteiger partial charge in [0.15, 0.2) is 0 Å². The van der Waals surface area contributed by atoms with Crippen molar-refractivity contribution >= 4 is 34.1 Å². The number of hydrogen-bond donors (Lipinski definition) is 4. The highest BCUT2D eigenvalue weighted by molar-refractivity contribution is 7.89. The zero-order valence-corrected chi connectivity index (χ0v) is 22.9. The molecule has 0 aromatic heterocycles. The largest absolute Gasteiger partial charge is 0.573 e. The number of likely N-dealkylation sites (tertiary alicyclic amines) is 1. The SMILES string of the molecule is NN=CN1CCC[C@@H](CNC(=O)C[C@H](NS(=O)(=O)c2ccc(OC(F)(F)F)cc2)C(=O)N(CCC(=O)O)C2CC2)C1. The molecule has 0 spiro atoms. The van der Waals surface area contributed by atoms with Crippen molar-refractivity contribution in [1.82, 2.24) is 19.8 Å². The van der Waals surface area contributed by atoms with Crippen LogP contribution >= 0.6 is 0 Å². The third kappa shape index (κ3) is 10.4. The van der Waals surface area contributed by atoms with Crippen LogP contribution in [-0.2, 0) is 24.4 Å². The molecule has 17 heteroatoms. The van der Waals surface area contributed by atoms with Gasteiger partial charge in [-0.15, -0.1) is 13.2 Å². The van der Waals surface area contributed by atoms with E-state index in [1.54, 1.807) is 0 Å². The molecule has 2 amide bonds. The van der Waals surface area contributed by atoms with Crippen LogP contribution in [0.15, 0.2) is 34.3 Å². The molecule has 41 heavy (non-hydrogen) atoms. The van der Waals surface area contributed by atoms with Gasteiger partial charge in [-0.1, -0.05) is 0 Å². The normalized spacial score (nSPS) is 18.6. The van der Waals surface area contributed by atoms with Crippen molar-refractivity contribution in [2.45, 2.75) is 61.9 Å². The summed E-state index contributed by atoms with van der Waals surface area (Å²) < 4.78 is 69.6. The van der Waals surface area contributed by atoms with Crippen LogP contribution in [0.4, 0.5) is 13.2 Å². The number of ether oxygens (including phenoxy) is 1. The number of nitrogens with zero attached hydrogens (tertiary/aromatic N) is 3. The van der Waals surface area contributed by atoms with Gasteiger partial charge in [-0.3, -0.25) is 14.4 Å². The van der Waals surface area contributed by atoms with E-state index in [0.29, 0.717) is 19.4 Å². The molecule has 1 aromatic carbocycles. The number of alkyl halides is 3. The van der Waals surface area contributed by atoms with Crippen molar-refractivity contribution < 1.29 is 45.8 Å². The number of hydrazone groups is 1. The van der Waals surface area contributed by atoms with Gasteiger partial charge in [-0.2, -0.15) is 9.82 Å². The molecule has 1 aliphatic carbocycles. The van der Waals surface area contributed by atoms with E-state index in [9.17, 15) is 36.0 Å². The molecule has 0 unspecified atom stereocenters. The smallest absolute Gasteiger partial charge is 0.481 e. The highest BCUT2D eigenvalue weighted by Crippen LogP contribution is 2.28. The molecule has 3 rings (SSSR count). The molecule has 1 saturated carbocycles. The Hall–Kier alpha value is -3.60. The number of rotatable bonds is 14. The predicted octanol–water partition coefficient (Wildman–Crippen LogP) is 0.818. The van der Waals surface area contributed by atoms with Gasteiger partial charge in [-0.05, 0) is 55.9 Å². The fourth-order valence-electron chi connectivity index (χ4n) is 4.51. The predicted molar refractivity (Wildman–Crippen MR) is 139 cm³/mol. The van der Waals surface area contributed by atoms with E-state index in [0.717, 1.165) is 43.7 Å². The highest BCUT2D eigenvalue weighted by atomic mass is 32.2. The summed E-state index contributed by atoms with van der Waals surface area (Å²) in [4.78, 5) is 40.2. The maximum atomic E-state index is 13.5. The number of amides is 2. The molecule has 0 bridgehead atoms. The number of carboxylic acids is 1. The topological polar surface area (TPSA) is 184 Å². The van der Waals surface area contributed by atoms with Gasteiger partial charge in [0.25, 0.3) is 0 Å². The number of halogens is 3. The minimum Gasteiger partial charge on any atom is -0.481 e. The molecule has 5 N–H and O–H groups in total. The number of piperidine rings is 1. The third-order valence-corrected chi connectivity index (χ3v) is 8.05. The number of sulfonamides is 1. The first-order valence-electron chi connectivity index (χ1n) is 12.9. The average molecular weight is 607 g/mol. The molecule has 1 aliphatic heterocycles. The van der Waals surface area contributed by atoms with Crippen LogP contribution in [0.5, 0.6) is 5.75 Å². The quantitative estimate of drug-likeness (QED) is 0.103. The van der Waals surface area contributed by atoms with E-state index in [1.807, 2.05) is 4.90 Å². The Bertz CT molecular complexity index is 1210. The molecular weight excluding hydrogens is 573 g/mol. The van der Waals surface area contributed by atoms with Crippen LogP contribution < -0.4 is 20.6 Å². The minimum absolute atomic E-state index is 0.0625. The third-order valence-electron chi connectivity index (χ3n) is 6.56. The molecule has 13 nitrogen and oxygen atoms in total. The number of aliphatic carboxylic acids is 1. The first-order valence-corrected chi connectivity index (χ1v) is 14.4. The molecule has 2 aliphatic rings. The van der Waals surface area contributed by atoms with Gasteiger partial charge in [0.05, 0.1) is 17.7 Å². The first kappa shape index (κ1) is 31.9. The molecule has 1 saturated heterocycles. The summed E-state index contributed by atoms with van der Waals surface area (Å²) in [5.41, 5.74) is 0. The Morgan fingerprint density at radius 3 is 2.49 bits per heavy atom. The van der Waals surface area contributed by atoms with Crippen LogP contribution in [0.1, 0.15) is 38.5 Å². The van der Waals surface area contributed by atoms with Crippen LogP contribution in [0, 0.1) is 5.92 Å². The van der Waals surface area contributed by atoms with Gasteiger partial charge in [0.1, 0.15) is 18.1 Å². The summed E-state index contributed by atoms with van der Waals surface area (Å²) in [6.07, 6.45) is -1.56. The lowest BCUT2D eigenvalue weighted by molar-refractivity contribution is -0.274. The highest BCUT2D eigenvalue weighted by Gasteiger charge is 2.38. The summed E-state index contributed by atoms with van der Waals surface area (Å²) in [5, 5.41) is 15.3. The van der Waals surface area contributed by atoms with Crippen molar-refractivity contribution in [2.75, 3.05) is 26.2 Å². The summed E-state index contributed by atoms with van der Waals surface area (Å²) in [6, 6.07) is 1.47. The molecule has 1 aromatic rings. The van der Waals surface area contributed by atoms with Gasteiger partial charge < -0.3 is 30.8 Å². The van der Waals surface area contributed by atoms with Gasteiger partial charge in [0.2, 0.25) is 21.8 Å². The van der Waals surface area contributed by atoms with Crippen LogP contribution in [-0.4, -0.2) is 92.1 Å². The molecular formula is C24H33F3N6O7S. The minimum atomic E-state index is -4.97. The molecule has 0 radical (unpaired) electrons. The summed E-state index contributed by atoms with van der Waals surface area (Å²) in [5.74, 6) is 2.09. The summed E-state index contributed by atoms with van der Waals surface area (Å²) in [6.45, 7) is 1.44. The lowest BCUT2D eigenvalue weighted by Gasteiger charge is -2.31. The Labute approximate surface area is 234 Å². The molecule has 228 valence electrons. The first-order chi connectivity index (χ1) is 19.3. The average Bonchev–Trinajstić information content (AvgIpc) is 3.72. The number of nitrogens with one attached hydrogen (secondary N) is 2. The van der Waals surface area contributed by atoms with Crippen LogP contribution in [0.2, 0.25) is 0 Å². The van der Waals surface area contributed by atoms with Gasteiger partial charge in [0, 0.05) is 32.2 Å². The monoisotopic (exact) mass is 606 g/mol. The van der Waals surface area contributed by atoms with Crippen LogP contribution in [0.3, 0.4) is 0 Å². The maximum Gasteiger partial charge on any atom is 0.573 e. The molecule has 2 atom stereocenters. The number of carboxylic acid groups (broad SMARTS) is 1. The number of nitrogens with two attached hydrogens (primary N) is 1. The standard InChI is InChI=1S/C24H33F3N6O7S/c25-24(26,27)40-18-5-7-19(8-6-18)41(38,39)31-20(23(37)33(17-3-4-17)11-9-22(35)36)12-21(34)29-13-16-2-1-10-32(14-16)15-30-28/h5-8,15-17,20,31H,1-4,9-14,28H2,(H,29,34)(H,35,36)/t16-,20-/m0/s1. The van der Waals surface area contributed by atoms with E-state index in [-0.39, 0.29) is 31.5 Å². The number of benzene rings is 1. The van der Waals surface area contributed by atoms with Crippen molar-refractivity contribution in [1.29, 1.82) is 0 Å². The van der Waals surface area contributed by atoms with Gasteiger partial charge in [-0.25, -0.2) is 8.42 Å². The zero-order valence-electron chi connectivity index (χ0n) is 22.0. The summed E-state index contributed by atoms with van der Waals surface area (Å²) >= 11 is 0. The lowest BCUT2D eigenvalue weighted by atomic mass is 9.98. The van der Waals surface area contributed by atoms with E-state index < -0.39 is 57.3 Å². The zero-order chi connectivity index (χ0) is 30.2. The second kappa shape index (κ2) is 13.8. The van der Waals surface area contributed by atoms with E-state index in [1.165, 1.54) is 11.2 Å². The fraction of sp³-hybridized carbons (Fsp3) is 0.583. The Morgan fingerprint density at radius 1 is 1.22 bits per heavy atom. The fourth-order valence-corrected chi connectivity index (χ4v) is 5.70. The van der Waals surface area contributed by atoms with Crippen molar-refractivity contribution in [3.63, 3.8) is 0 Å². The number of hydrogen-bond acceptors (Lipinski definition) is 8. The Morgan fingerprint density at radius 2 is 1.90 bits per heavy atom. The second-order valence-electron chi connectivity index (χ2n) is 9.88. The van der Waals surface area contributed by atoms with E-state index in [4.69, 9.17) is 10.9 Å². The molecule has 2 fully saturated rings. The second-order valence-corrected chi connectivity index (χ2v) is 11.6. The van der Waals surface area contributed by atoms with Crippen molar-refractivity contribution in [3.05, 3.63) is 24.3 Å². The van der Waals surface area contributed by atoms with Crippen molar-refractivity contribution in [2.24, 2.45) is 16.9 Å². The maximum absolute atomic E-state index is 13.5. The number of carbonyl (C=O) groups is 3.